The first-order valence-corrected chi connectivity index (χ1v) is 12.8. The van der Waals surface area contributed by atoms with Crippen molar-refractivity contribution in [1.82, 2.24) is 4.98 Å². The maximum Gasteiger partial charge on any atom is 0.279 e. The zero-order chi connectivity index (χ0) is 22.2. The fourth-order valence-electron chi connectivity index (χ4n) is 3.14. The molecule has 3 aromatic rings. The van der Waals surface area contributed by atoms with Crippen LogP contribution in [0.2, 0.25) is 0 Å². The Morgan fingerprint density at radius 1 is 0.968 bits per heavy atom. The van der Waals surface area contributed by atoms with Crippen molar-refractivity contribution in [3.05, 3.63) is 66.2 Å². The number of sulfonamides is 2. The van der Waals surface area contributed by atoms with Crippen molar-refractivity contribution in [2.24, 2.45) is 0 Å². The summed E-state index contributed by atoms with van der Waals surface area (Å²) in [6.45, 7) is 0.305. The van der Waals surface area contributed by atoms with E-state index in [9.17, 15) is 26.7 Å². The molecular weight excluding hydrogens is 462 g/mol. The third kappa shape index (κ3) is 3.82. The SMILES string of the molecule is O=C1C(O)CCN1c1ccc(S(=O)(=O)N(c2nccs2)S(=O)(=O)c2ccccc2)cc1. The van der Waals surface area contributed by atoms with Gasteiger partial charge in [0, 0.05) is 30.2 Å². The molecule has 1 N–H and O–H groups in total. The number of carbonyl (C=O) groups is 1. The molecule has 1 fully saturated rings. The Morgan fingerprint density at radius 3 is 2.10 bits per heavy atom. The summed E-state index contributed by atoms with van der Waals surface area (Å²) in [5.74, 6) is -0.466. The first-order chi connectivity index (χ1) is 14.7. The topological polar surface area (TPSA) is 125 Å². The van der Waals surface area contributed by atoms with Gasteiger partial charge >= 0.3 is 0 Å². The van der Waals surface area contributed by atoms with Crippen molar-refractivity contribution in [2.75, 3.05) is 15.2 Å². The number of nitrogens with zero attached hydrogens (tertiary/aromatic N) is 3. The molecular formula is C19H17N3O6S3. The summed E-state index contributed by atoms with van der Waals surface area (Å²) in [4.78, 5) is 16.8. The summed E-state index contributed by atoms with van der Waals surface area (Å²) < 4.78 is 53.6. The highest BCUT2D eigenvalue weighted by Gasteiger charge is 2.39. The minimum atomic E-state index is -4.55. The largest absolute Gasteiger partial charge is 0.383 e. The number of anilines is 2. The summed E-state index contributed by atoms with van der Waals surface area (Å²) in [6, 6.07) is 12.5. The zero-order valence-electron chi connectivity index (χ0n) is 15.9. The summed E-state index contributed by atoms with van der Waals surface area (Å²) >= 11 is 0.874. The van der Waals surface area contributed by atoms with Gasteiger partial charge in [-0.15, -0.1) is 15.0 Å². The number of hydrogen-bond donors (Lipinski definition) is 1. The maximum absolute atomic E-state index is 13.4. The van der Waals surface area contributed by atoms with E-state index in [4.69, 9.17) is 0 Å². The number of carbonyl (C=O) groups excluding carboxylic acids is 1. The normalized spacial score (nSPS) is 17.1. The van der Waals surface area contributed by atoms with Crippen LogP contribution >= 0.6 is 11.3 Å². The third-order valence-electron chi connectivity index (χ3n) is 4.68. The van der Waals surface area contributed by atoms with Crippen molar-refractivity contribution in [2.45, 2.75) is 22.3 Å². The van der Waals surface area contributed by atoms with Crippen LogP contribution in [0.3, 0.4) is 0 Å². The van der Waals surface area contributed by atoms with Crippen molar-refractivity contribution < 1.29 is 26.7 Å². The molecule has 162 valence electrons. The van der Waals surface area contributed by atoms with Gasteiger partial charge in [-0.25, -0.2) is 4.98 Å². The average Bonchev–Trinajstić information content (AvgIpc) is 3.39. The molecule has 0 spiro atoms. The Hall–Kier alpha value is -2.80. The van der Waals surface area contributed by atoms with Crippen molar-refractivity contribution in [1.29, 1.82) is 0 Å². The lowest BCUT2D eigenvalue weighted by atomic mass is 10.3. The van der Waals surface area contributed by atoms with Gasteiger partial charge in [0.25, 0.3) is 26.0 Å². The van der Waals surface area contributed by atoms with Crippen molar-refractivity contribution in [3.63, 3.8) is 0 Å². The fourth-order valence-corrected chi connectivity index (χ4v) is 7.86. The Morgan fingerprint density at radius 2 is 1.58 bits per heavy atom. The van der Waals surface area contributed by atoms with Crippen LogP contribution in [0.25, 0.3) is 0 Å². The van der Waals surface area contributed by atoms with E-state index in [0.717, 1.165) is 11.3 Å². The average molecular weight is 480 g/mol. The van der Waals surface area contributed by atoms with Crippen LogP contribution in [0.5, 0.6) is 0 Å². The highest BCUT2D eigenvalue weighted by Crippen LogP contribution is 2.33. The van der Waals surface area contributed by atoms with Gasteiger partial charge in [0.1, 0.15) is 6.10 Å². The van der Waals surface area contributed by atoms with Crippen LogP contribution in [0.15, 0.2) is 76.0 Å². The number of aliphatic hydroxyl groups excluding tert-OH is 1. The van der Waals surface area contributed by atoms with Crippen LogP contribution in [0.1, 0.15) is 6.42 Å². The smallest absolute Gasteiger partial charge is 0.279 e. The van der Waals surface area contributed by atoms with Gasteiger partial charge in [-0.1, -0.05) is 18.2 Å². The van der Waals surface area contributed by atoms with E-state index in [1.807, 2.05) is 0 Å². The number of hydrogen-bond acceptors (Lipinski definition) is 8. The molecule has 1 aliphatic heterocycles. The van der Waals surface area contributed by atoms with Crippen LogP contribution in [0.4, 0.5) is 10.8 Å². The predicted molar refractivity (Wildman–Crippen MR) is 115 cm³/mol. The summed E-state index contributed by atoms with van der Waals surface area (Å²) in [6.07, 6.45) is 0.516. The molecule has 4 rings (SSSR count). The molecule has 1 saturated heterocycles. The van der Waals surface area contributed by atoms with Crippen LogP contribution in [0, 0.1) is 0 Å². The molecule has 1 aliphatic rings. The molecule has 2 aromatic carbocycles. The number of rotatable bonds is 6. The Labute approximate surface area is 183 Å². The van der Waals surface area contributed by atoms with Gasteiger partial charge < -0.3 is 10.0 Å². The summed E-state index contributed by atoms with van der Waals surface area (Å²) in [5, 5.41) is 10.9. The number of benzene rings is 2. The van der Waals surface area contributed by atoms with Crippen molar-refractivity contribution >= 4 is 48.1 Å². The van der Waals surface area contributed by atoms with Crippen molar-refractivity contribution in [3.8, 4) is 0 Å². The summed E-state index contributed by atoms with van der Waals surface area (Å²) in [7, 11) is -9.03. The van der Waals surface area contributed by atoms with E-state index in [-0.39, 0.29) is 21.3 Å². The van der Waals surface area contributed by atoms with Crippen LogP contribution in [-0.4, -0.2) is 45.5 Å². The van der Waals surface area contributed by atoms with Gasteiger partial charge in [-0.2, -0.15) is 16.8 Å². The van der Waals surface area contributed by atoms with Gasteiger partial charge in [-0.05, 0) is 36.4 Å². The third-order valence-corrected chi connectivity index (χ3v) is 9.80. The highest BCUT2D eigenvalue weighted by molar-refractivity contribution is 8.10. The lowest BCUT2D eigenvalue weighted by molar-refractivity contribution is -0.123. The molecule has 9 nitrogen and oxygen atoms in total. The molecule has 1 unspecified atom stereocenters. The molecule has 0 saturated carbocycles. The second-order valence-electron chi connectivity index (χ2n) is 6.62. The predicted octanol–water partition coefficient (Wildman–Crippen LogP) is 1.82. The molecule has 31 heavy (non-hydrogen) atoms. The van der Waals surface area contributed by atoms with E-state index >= 15 is 0 Å². The first kappa shape index (κ1) is 21.4. The standard InChI is InChI=1S/C19H17N3O6S3/c23-17-10-12-21(18(17)24)14-6-8-16(9-7-14)31(27,28)22(19-20-11-13-29-19)30(25,26)15-4-2-1-3-5-15/h1-9,11,13,17,23H,10,12H2. The fraction of sp³-hybridized carbons (Fsp3) is 0.158. The molecule has 0 bridgehead atoms. The van der Waals surface area contributed by atoms with Crippen LogP contribution in [-0.2, 0) is 24.8 Å². The molecule has 1 atom stereocenters. The quantitative estimate of drug-likeness (QED) is 0.572. The monoisotopic (exact) mass is 479 g/mol. The van der Waals surface area contributed by atoms with Gasteiger partial charge in [0.05, 0.1) is 9.79 Å². The van der Waals surface area contributed by atoms with E-state index < -0.39 is 32.1 Å². The number of aromatic nitrogens is 1. The molecule has 1 aromatic heterocycles. The Balaban J connectivity index is 1.76. The molecule has 0 aliphatic carbocycles. The zero-order valence-corrected chi connectivity index (χ0v) is 18.3. The molecule has 0 radical (unpaired) electrons. The Bertz CT molecular complexity index is 1290. The second kappa shape index (κ2) is 8.04. The number of aliphatic hydroxyl groups is 1. The molecule has 12 heteroatoms. The first-order valence-electron chi connectivity index (χ1n) is 9.07. The molecule has 2 heterocycles. The van der Waals surface area contributed by atoms with E-state index in [1.165, 1.54) is 65.0 Å². The second-order valence-corrected chi connectivity index (χ2v) is 11.3. The van der Waals surface area contributed by atoms with Gasteiger partial charge in [-0.3, -0.25) is 4.79 Å². The number of amides is 1. The van der Waals surface area contributed by atoms with Gasteiger partial charge in [0.15, 0.2) is 0 Å². The molecule has 1 amide bonds. The highest BCUT2D eigenvalue weighted by atomic mass is 32.3. The van der Waals surface area contributed by atoms with E-state index in [2.05, 4.69) is 4.98 Å². The lowest BCUT2D eigenvalue weighted by Gasteiger charge is -2.22. The Kier molecular flexibility index (Phi) is 5.56. The summed E-state index contributed by atoms with van der Waals surface area (Å²) in [5.41, 5.74) is 0.409. The van der Waals surface area contributed by atoms with Crippen LogP contribution < -0.4 is 8.61 Å². The minimum Gasteiger partial charge on any atom is -0.383 e. The minimum absolute atomic E-state index is 0.193. The van der Waals surface area contributed by atoms with E-state index in [1.54, 1.807) is 6.07 Å². The van der Waals surface area contributed by atoms with Gasteiger partial charge in [0.2, 0.25) is 5.13 Å². The lowest BCUT2D eigenvalue weighted by Crippen LogP contribution is -2.37. The number of thiazole rings is 1. The maximum atomic E-state index is 13.4. The van der Waals surface area contributed by atoms with E-state index in [0.29, 0.717) is 15.9 Å².